The number of hydrogen-bond acceptors (Lipinski definition) is 11. The van der Waals surface area contributed by atoms with Gasteiger partial charge in [-0.3, -0.25) is 0 Å². The molecule has 11 nitrogen and oxygen atoms in total. The van der Waals surface area contributed by atoms with Crippen LogP contribution in [0.5, 0.6) is 11.6 Å². The van der Waals surface area contributed by atoms with Crippen LogP contribution in [-0.4, -0.2) is 80.5 Å². The average molecular weight is 610 g/mol. The molecule has 41 heavy (non-hydrogen) atoms. The molecule has 13 heteroatoms. The van der Waals surface area contributed by atoms with Crippen molar-refractivity contribution in [3.05, 3.63) is 41.6 Å². The lowest BCUT2D eigenvalue weighted by Crippen LogP contribution is -2.47. The first-order chi connectivity index (χ1) is 18.8. The van der Waals surface area contributed by atoms with Crippen molar-refractivity contribution in [2.24, 2.45) is 0 Å². The third-order valence-electron chi connectivity index (χ3n) is 8.28. The van der Waals surface area contributed by atoms with Crippen molar-refractivity contribution >= 4 is 18.2 Å². The Morgan fingerprint density at radius 1 is 1.15 bits per heavy atom. The highest BCUT2D eigenvalue weighted by Crippen LogP contribution is 2.55. The van der Waals surface area contributed by atoms with E-state index in [1.165, 1.54) is 11.3 Å². The molecular weight excluding hydrogens is 566 g/mol. The minimum atomic E-state index is -3.74. The molecule has 4 rings (SSSR count). The van der Waals surface area contributed by atoms with Crippen LogP contribution in [0.2, 0.25) is 18.1 Å². The summed E-state index contributed by atoms with van der Waals surface area (Å²) in [5, 5.41) is 12.5. The lowest BCUT2D eigenvalue weighted by Gasteiger charge is -2.38. The van der Waals surface area contributed by atoms with Crippen LogP contribution in [0.4, 0.5) is 0 Å². The zero-order chi connectivity index (χ0) is 30.6. The molecule has 0 spiro atoms. The standard InChI is InChI=1S/C28H43N3O8SSi/c1-26(2,3)41(9,10)37-17-21-23-28(6,39-27(4,5)38-23)22(31(21)32)20-15-29-25(40(8,33)34)30-24(20)36-16-18-11-13-19(35-7)14-12-18/h11-15,21-23,32H,16-17H2,1-10H3/t21-,22+,23-,28+/m1/s1. The Bertz CT molecular complexity index is 1360. The van der Waals surface area contributed by atoms with Gasteiger partial charge in [0.1, 0.15) is 24.1 Å². The molecule has 2 aromatic rings. The van der Waals surface area contributed by atoms with Gasteiger partial charge in [0.15, 0.2) is 14.1 Å². The van der Waals surface area contributed by atoms with Crippen molar-refractivity contribution in [2.45, 2.75) is 101 Å². The van der Waals surface area contributed by atoms with E-state index in [1.807, 2.05) is 32.9 Å². The summed E-state index contributed by atoms with van der Waals surface area (Å²) in [6, 6.07) is 5.86. The zero-order valence-electron chi connectivity index (χ0n) is 25.6. The van der Waals surface area contributed by atoms with E-state index >= 15 is 0 Å². The van der Waals surface area contributed by atoms with E-state index in [0.717, 1.165) is 11.8 Å². The highest BCUT2D eigenvalue weighted by molar-refractivity contribution is 7.90. The summed E-state index contributed by atoms with van der Waals surface area (Å²) >= 11 is 0. The molecule has 2 saturated heterocycles. The van der Waals surface area contributed by atoms with Crippen molar-refractivity contribution in [2.75, 3.05) is 20.0 Å². The summed E-state index contributed by atoms with van der Waals surface area (Å²) in [5.41, 5.74) is 0.125. The maximum Gasteiger partial charge on any atom is 0.250 e. The highest BCUT2D eigenvalue weighted by Gasteiger charge is 2.67. The number of aromatic nitrogens is 2. The van der Waals surface area contributed by atoms with E-state index in [1.54, 1.807) is 19.2 Å². The summed E-state index contributed by atoms with van der Waals surface area (Å²) in [4.78, 5) is 8.43. The number of sulfone groups is 1. The fourth-order valence-electron chi connectivity index (χ4n) is 5.14. The number of methoxy groups -OCH3 is 1. The summed E-state index contributed by atoms with van der Waals surface area (Å²) in [7, 11) is -4.32. The molecule has 0 amide bonds. The van der Waals surface area contributed by atoms with Gasteiger partial charge in [-0.15, -0.1) is 0 Å². The van der Waals surface area contributed by atoms with E-state index < -0.39 is 47.7 Å². The van der Waals surface area contributed by atoms with Crippen LogP contribution in [-0.2, 0) is 30.3 Å². The smallest absolute Gasteiger partial charge is 0.250 e. The van der Waals surface area contributed by atoms with Gasteiger partial charge in [0.25, 0.3) is 0 Å². The van der Waals surface area contributed by atoms with Gasteiger partial charge in [-0.25, -0.2) is 13.4 Å². The first-order valence-electron chi connectivity index (χ1n) is 13.6. The quantitative estimate of drug-likeness (QED) is 0.318. The third-order valence-corrected chi connectivity index (χ3v) is 13.6. The van der Waals surface area contributed by atoms with Gasteiger partial charge in [-0.05, 0) is 56.6 Å². The first kappa shape index (κ1) is 31.8. The van der Waals surface area contributed by atoms with Crippen molar-refractivity contribution in [1.82, 2.24) is 15.0 Å². The van der Waals surface area contributed by atoms with Crippen molar-refractivity contribution in [3.8, 4) is 11.6 Å². The number of hydrogen-bond donors (Lipinski definition) is 1. The predicted molar refractivity (Wildman–Crippen MR) is 154 cm³/mol. The molecule has 4 atom stereocenters. The van der Waals surface area contributed by atoms with Gasteiger partial charge >= 0.3 is 0 Å². The number of nitrogens with zero attached hydrogens (tertiary/aromatic N) is 3. The Balaban J connectivity index is 1.74. The normalized spacial score (nSPS) is 26.7. The molecule has 1 aromatic carbocycles. The molecule has 2 aliphatic heterocycles. The number of benzene rings is 1. The van der Waals surface area contributed by atoms with Gasteiger partial charge < -0.3 is 28.6 Å². The van der Waals surface area contributed by atoms with Gasteiger partial charge in [0.2, 0.25) is 20.9 Å². The van der Waals surface area contributed by atoms with E-state index in [4.69, 9.17) is 23.4 Å². The largest absolute Gasteiger partial charge is 0.497 e. The van der Waals surface area contributed by atoms with E-state index in [9.17, 15) is 13.6 Å². The van der Waals surface area contributed by atoms with Crippen LogP contribution in [0.25, 0.3) is 0 Å². The summed E-state index contributed by atoms with van der Waals surface area (Å²) in [6.07, 6.45) is 1.85. The first-order valence-corrected chi connectivity index (χ1v) is 18.4. The molecule has 0 aliphatic carbocycles. The second-order valence-electron chi connectivity index (χ2n) is 13.0. The van der Waals surface area contributed by atoms with Crippen LogP contribution in [0.1, 0.15) is 58.7 Å². The zero-order valence-corrected chi connectivity index (χ0v) is 27.4. The number of hydroxylamine groups is 2. The molecule has 2 fully saturated rings. The monoisotopic (exact) mass is 609 g/mol. The molecule has 0 bridgehead atoms. The highest BCUT2D eigenvalue weighted by atomic mass is 32.2. The van der Waals surface area contributed by atoms with E-state index in [0.29, 0.717) is 11.3 Å². The Morgan fingerprint density at radius 3 is 2.34 bits per heavy atom. The predicted octanol–water partition coefficient (Wildman–Crippen LogP) is 4.51. The Hall–Kier alpha value is -2.13. The minimum Gasteiger partial charge on any atom is -0.497 e. The lowest BCUT2D eigenvalue weighted by atomic mass is 9.89. The summed E-state index contributed by atoms with van der Waals surface area (Å²) in [6.45, 7) is 16.6. The maximum absolute atomic E-state index is 12.4. The van der Waals surface area contributed by atoms with Crippen molar-refractivity contribution < 1.29 is 37.0 Å². The summed E-state index contributed by atoms with van der Waals surface area (Å²) < 4.78 is 55.4. The Kier molecular flexibility index (Phi) is 8.42. The molecule has 0 radical (unpaired) electrons. The topological polar surface area (TPSA) is 130 Å². The SMILES string of the molecule is COc1ccc(COc2nc(S(C)(=O)=O)ncc2[C@@H]2N(O)[C@H](CO[Si](C)(C)C(C)(C)C)[C@H]3OC(C)(C)O[C@]32C)cc1. The fraction of sp³-hybridized carbons (Fsp3) is 0.643. The number of fused-ring (bicyclic) bond motifs is 1. The van der Waals surface area contributed by atoms with Gasteiger partial charge in [-0.1, -0.05) is 32.9 Å². The van der Waals surface area contributed by atoms with E-state index in [-0.39, 0.29) is 29.3 Å². The van der Waals surface area contributed by atoms with Gasteiger partial charge in [0, 0.05) is 12.5 Å². The van der Waals surface area contributed by atoms with Crippen LogP contribution in [0, 0.1) is 0 Å². The van der Waals surface area contributed by atoms with E-state index in [2.05, 4.69) is 43.8 Å². The Labute approximate surface area is 244 Å². The molecular formula is C28H43N3O8SSi. The van der Waals surface area contributed by atoms with Crippen LogP contribution >= 0.6 is 0 Å². The average Bonchev–Trinajstić information content (AvgIpc) is 3.21. The third kappa shape index (κ3) is 6.31. The molecule has 228 valence electrons. The number of rotatable bonds is 9. The summed E-state index contributed by atoms with van der Waals surface area (Å²) in [5.74, 6) is -0.214. The van der Waals surface area contributed by atoms with Crippen LogP contribution in [0.15, 0.2) is 35.6 Å². The van der Waals surface area contributed by atoms with Crippen LogP contribution in [0.3, 0.4) is 0 Å². The molecule has 3 heterocycles. The lowest BCUT2D eigenvalue weighted by molar-refractivity contribution is -0.233. The second kappa shape index (κ2) is 10.9. The molecule has 1 aromatic heterocycles. The van der Waals surface area contributed by atoms with Crippen molar-refractivity contribution in [1.29, 1.82) is 0 Å². The van der Waals surface area contributed by atoms with Gasteiger partial charge in [-0.2, -0.15) is 10.0 Å². The molecule has 0 saturated carbocycles. The fourth-order valence-corrected chi connectivity index (χ4v) is 6.65. The molecule has 2 aliphatic rings. The second-order valence-corrected chi connectivity index (χ2v) is 19.7. The molecule has 1 N–H and O–H groups in total. The van der Waals surface area contributed by atoms with Gasteiger partial charge in [0.05, 0.1) is 31.4 Å². The Morgan fingerprint density at radius 2 is 1.78 bits per heavy atom. The molecule has 0 unspecified atom stereocenters. The minimum absolute atomic E-state index is 0.0274. The maximum atomic E-state index is 12.4. The van der Waals surface area contributed by atoms with Crippen molar-refractivity contribution in [3.63, 3.8) is 0 Å². The van der Waals surface area contributed by atoms with Crippen LogP contribution < -0.4 is 9.47 Å². The number of ether oxygens (including phenoxy) is 4.